The van der Waals surface area contributed by atoms with Gasteiger partial charge in [-0.25, -0.2) is 8.42 Å². The van der Waals surface area contributed by atoms with Crippen LogP contribution in [-0.2, 0) is 19.6 Å². The SMILES string of the molecule is C=CC(=O)NC1CC2CCN(S(=O)(=O)c3ccc(Oc4ccccc4)cc3)CC2O1. The van der Waals surface area contributed by atoms with E-state index >= 15 is 0 Å². The van der Waals surface area contributed by atoms with Gasteiger partial charge in [-0.15, -0.1) is 0 Å². The first-order valence-electron chi connectivity index (χ1n) is 9.87. The van der Waals surface area contributed by atoms with Crippen LogP contribution in [0.3, 0.4) is 0 Å². The molecule has 2 aliphatic rings. The van der Waals surface area contributed by atoms with Gasteiger partial charge in [0.25, 0.3) is 0 Å². The number of rotatable bonds is 6. The maximum absolute atomic E-state index is 13.1. The topological polar surface area (TPSA) is 84.9 Å². The largest absolute Gasteiger partial charge is 0.457 e. The van der Waals surface area contributed by atoms with Crippen LogP contribution in [0.2, 0.25) is 0 Å². The summed E-state index contributed by atoms with van der Waals surface area (Å²) in [6.07, 6.45) is 1.95. The van der Waals surface area contributed by atoms with Crippen LogP contribution in [0.4, 0.5) is 0 Å². The molecule has 2 aromatic rings. The maximum Gasteiger partial charge on any atom is 0.245 e. The van der Waals surface area contributed by atoms with Gasteiger partial charge in [0.15, 0.2) is 0 Å². The van der Waals surface area contributed by atoms with E-state index in [-0.39, 0.29) is 29.4 Å². The van der Waals surface area contributed by atoms with E-state index in [2.05, 4.69) is 11.9 Å². The van der Waals surface area contributed by atoms with Crippen molar-refractivity contribution in [1.29, 1.82) is 0 Å². The number of ether oxygens (including phenoxy) is 2. The highest BCUT2D eigenvalue weighted by Gasteiger charge is 2.42. The van der Waals surface area contributed by atoms with Gasteiger partial charge in [0.2, 0.25) is 15.9 Å². The number of carbonyl (C=O) groups excluding carboxylic acids is 1. The van der Waals surface area contributed by atoms with Gasteiger partial charge in [0.05, 0.1) is 11.0 Å². The summed E-state index contributed by atoms with van der Waals surface area (Å²) in [6.45, 7) is 4.14. The molecule has 1 amide bonds. The van der Waals surface area contributed by atoms with Gasteiger partial charge in [-0.2, -0.15) is 4.31 Å². The molecule has 7 nitrogen and oxygen atoms in total. The Morgan fingerprint density at radius 3 is 2.53 bits per heavy atom. The third-order valence-electron chi connectivity index (χ3n) is 5.44. The van der Waals surface area contributed by atoms with E-state index in [9.17, 15) is 13.2 Å². The average molecular weight is 429 g/mol. The van der Waals surface area contributed by atoms with E-state index in [1.54, 1.807) is 24.3 Å². The van der Waals surface area contributed by atoms with Crippen molar-refractivity contribution in [3.63, 3.8) is 0 Å². The van der Waals surface area contributed by atoms with Crippen LogP contribution < -0.4 is 10.1 Å². The molecule has 0 radical (unpaired) electrons. The Kier molecular flexibility index (Phi) is 5.90. The third kappa shape index (κ3) is 4.40. The van der Waals surface area contributed by atoms with Gasteiger partial charge >= 0.3 is 0 Å². The first-order valence-corrected chi connectivity index (χ1v) is 11.3. The first-order chi connectivity index (χ1) is 14.5. The summed E-state index contributed by atoms with van der Waals surface area (Å²) < 4.78 is 39.3. The van der Waals surface area contributed by atoms with E-state index < -0.39 is 16.3 Å². The molecule has 8 heteroatoms. The van der Waals surface area contributed by atoms with E-state index in [1.165, 1.54) is 10.4 Å². The number of sulfonamides is 1. The highest BCUT2D eigenvalue weighted by atomic mass is 32.2. The van der Waals surface area contributed by atoms with E-state index in [1.807, 2.05) is 30.3 Å². The molecule has 30 heavy (non-hydrogen) atoms. The summed E-state index contributed by atoms with van der Waals surface area (Å²) in [5, 5.41) is 2.74. The summed E-state index contributed by atoms with van der Waals surface area (Å²) >= 11 is 0. The fraction of sp³-hybridized carbons (Fsp3) is 0.318. The summed E-state index contributed by atoms with van der Waals surface area (Å²) in [5.74, 6) is 1.19. The molecule has 158 valence electrons. The standard InChI is InChI=1S/C22H24N2O5S/c1-2-21(25)23-22-14-16-12-13-24(15-20(16)29-22)30(26,27)19-10-8-18(9-11-19)28-17-6-4-3-5-7-17/h2-11,16,20,22H,1,12-15H2,(H,23,25). The molecule has 0 saturated carbocycles. The van der Waals surface area contributed by atoms with Gasteiger partial charge in [-0.1, -0.05) is 24.8 Å². The lowest BCUT2D eigenvalue weighted by atomic mass is 9.94. The number of hydrogen-bond acceptors (Lipinski definition) is 5. The molecular formula is C22H24N2O5S. The van der Waals surface area contributed by atoms with E-state index in [4.69, 9.17) is 9.47 Å². The second-order valence-corrected chi connectivity index (χ2v) is 9.35. The lowest BCUT2D eigenvalue weighted by Crippen LogP contribution is -2.45. The van der Waals surface area contributed by atoms with Gasteiger partial charge in [0.1, 0.15) is 17.7 Å². The Morgan fingerprint density at radius 1 is 1.13 bits per heavy atom. The fourth-order valence-electron chi connectivity index (χ4n) is 3.88. The molecule has 2 aromatic carbocycles. The predicted molar refractivity (Wildman–Crippen MR) is 111 cm³/mol. The minimum atomic E-state index is -3.64. The number of nitrogens with one attached hydrogen (secondary N) is 1. The van der Waals surface area contributed by atoms with Gasteiger partial charge in [-0.3, -0.25) is 4.79 Å². The van der Waals surface area contributed by atoms with Crippen LogP contribution in [0.15, 0.2) is 72.1 Å². The number of amides is 1. The minimum Gasteiger partial charge on any atom is -0.457 e. The van der Waals surface area contributed by atoms with Crippen LogP contribution in [0.1, 0.15) is 12.8 Å². The number of para-hydroxylation sites is 1. The number of hydrogen-bond donors (Lipinski definition) is 1. The van der Waals surface area contributed by atoms with Crippen molar-refractivity contribution in [2.24, 2.45) is 5.92 Å². The molecule has 2 fully saturated rings. The number of carbonyl (C=O) groups is 1. The van der Waals surface area contributed by atoms with Crippen LogP contribution in [0.25, 0.3) is 0 Å². The molecule has 0 spiro atoms. The highest BCUT2D eigenvalue weighted by Crippen LogP contribution is 2.34. The van der Waals surface area contributed by atoms with Gasteiger partial charge < -0.3 is 14.8 Å². The quantitative estimate of drug-likeness (QED) is 0.715. The summed E-state index contributed by atoms with van der Waals surface area (Å²) in [7, 11) is -3.64. The van der Waals surface area contributed by atoms with Crippen molar-refractivity contribution in [3.05, 3.63) is 67.3 Å². The first kappa shape index (κ1) is 20.6. The lowest BCUT2D eigenvalue weighted by Gasteiger charge is -2.33. The Bertz CT molecular complexity index is 1010. The monoisotopic (exact) mass is 428 g/mol. The van der Waals surface area contributed by atoms with Crippen molar-refractivity contribution >= 4 is 15.9 Å². The Hall–Kier alpha value is -2.68. The van der Waals surface area contributed by atoms with E-state index in [0.29, 0.717) is 30.9 Å². The van der Waals surface area contributed by atoms with Crippen LogP contribution >= 0.6 is 0 Å². The maximum atomic E-state index is 13.1. The second-order valence-electron chi connectivity index (χ2n) is 7.41. The summed E-state index contributed by atoms with van der Waals surface area (Å²) in [5.41, 5.74) is 0. The molecule has 0 bridgehead atoms. The zero-order valence-corrected chi connectivity index (χ0v) is 17.3. The molecule has 3 unspecified atom stereocenters. The average Bonchev–Trinajstić information content (AvgIpc) is 3.16. The molecule has 0 aromatic heterocycles. The zero-order chi connectivity index (χ0) is 21.1. The fourth-order valence-corrected chi connectivity index (χ4v) is 5.35. The van der Waals surface area contributed by atoms with Crippen molar-refractivity contribution in [2.45, 2.75) is 30.1 Å². The summed E-state index contributed by atoms with van der Waals surface area (Å²) in [4.78, 5) is 11.7. The number of fused-ring (bicyclic) bond motifs is 1. The number of benzene rings is 2. The molecule has 1 N–H and O–H groups in total. The number of nitrogens with zero attached hydrogens (tertiary/aromatic N) is 1. The normalized spacial score (nSPS) is 24.1. The highest BCUT2D eigenvalue weighted by molar-refractivity contribution is 7.89. The smallest absolute Gasteiger partial charge is 0.245 e. The number of piperidine rings is 1. The Morgan fingerprint density at radius 2 is 1.83 bits per heavy atom. The predicted octanol–water partition coefficient (Wildman–Crippen LogP) is 2.91. The zero-order valence-electron chi connectivity index (χ0n) is 16.4. The summed E-state index contributed by atoms with van der Waals surface area (Å²) in [6, 6.07) is 15.7. The molecule has 3 atom stereocenters. The van der Waals surface area contributed by atoms with Crippen LogP contribution in [0.5, 0.6) is 11.5 Å². The minimum absolute atomic E-state index is 0.218. The van der Waals surface area contributed by atoms with Crippen LogP contribution in [0, 0.1) is 5.92 Å². The molecule has 2 saturated heterocycles. The molecule has 2 aliphatic heterocycles. The molecule has 2 heterocycles. The van der Waals surface area contributed by atoms with Crippen molar-refractivity contribution < 1.29 is 22.7 Å². The third-order valence-corrected chi connectivity index (χ3v) is 7.32. The molecule has 0 aliphatic carbocycles. The van der Waals surface area contributed by atoms with Crippen molar-refractivity contribution in [1.82, 2.24) is 9.62 Å². The van der Waals surface area contributed by atoms with Crippen molar-refractivity contribution in [2.75, 3.05) is 13.1 Å². The molecular weight excluding hydrogens is 404 g/mol. The second kappa shape index (κ2) is 8.59. The van der Waals surface area contributed by atoms with Crippen LogP contribution in [-0.4, -0.2) is 44.1 Å². The Labute approximate surface area is 176 Å². The van der Waals surface area contributed by atoms with Gasteiger partial charge in [-0.05, 0) is 61.2 Å². The Balaban J connectivity index is 1.41. The lowest BCUT2D eigenvalue weighted by molar-refractivity contribution is -0.120. The van der Waals surface area contributed by atoms with Gasteiger partial charge in [0, 0.05) is 13.1 Å². The van der Waals surface area contributed by atoms with Crippen molar-refractivity contribution in [3.8, 4) is 11.5 Å². The molecule has 4 rings (SSSR count). The van der Waals surface area contributed by atoms with E-state index in [0.717, 1.165) is 0 Å².